The topological polar surface area (TPSA) is 192 Å². The van der Waals surface area contributed by atoms with Gasteiger partial charge in [-0.1, -0.05) is 36.4 Å². The summed E-state index contributed by atoms with van der Waals surface area (Å²) in [6.07, 6.45) is 3.54. The Morgan fingerprint density at radius 2 is 0.818 bits per heavy atom. The van der Waals surface area contributed by atoms with Gasteiger partial charge in [-0.2, -0.15) is 0 Å². The van der Waals surface area contributed by atoms with Gasteiger partial charge in [0.25, 0.3) is 0 Å². The van der Waals surface area contributed by atoms with E-state index >= 15 is 0 Å². The van der Waals surface area contributed by atoms with Crippen molar-refractivity contribution in [2.75, 3.05) is 0 Å². The van der Waals surface area contributed by atoms with Crippen molar-refractivity contribution in [2.24, 2.45) is 0 Å². The predicted octanol–water partition coefficient (Wildman–Crippen LogP) is 2.62. The van der Waals surface area contributed by atoms with Crippen molar-refractivity contribution in [3.05, 3.63) is 134 Å². The first kappa shape index (κ1) is 38.2. The van der Waals surface area contributed by atoms with Crippen LogP contribution in [0.1, 0.15) is 29.0 Å². The predicted molar refractivity (Wildman–Crippen MR) is 162 cm³/mol. The fraction of sp³-hybridized carbons (Fsp3) is 0. The summed E-state index contributed by atoms with van der Waals surface area (Å²) in [6.45, 7) is 0. The zero-order valence-electron chi connectivity index (χ0n) is 22.4. The summed E-state index contributed by atoms with van der Waals surface area (Å²) >= 11 is 3.51. The van der Waals surface area contributed by atoms with Crippen molar-refractivity contribution in [1.82, 2.24) is 15.0 Å². The van der Waals surface area contributed by atoms with Gasteiger partial charge in [-0.3, -0.25) is 9.97 Å². The Kier molecular flexibility index (Phi) is 18.2. The van der Waals surface area contributed by atoms with Crippen LogP contribution in [0.2, 0.25) is 0 Å². The van der Waals surface area contributed by atoms with Gasteiger partial charge in [-0.15, -0.1) is 34.0 Å². The summed E-state index contributed by atoms with van der Waals surface area (Å²) in [7, 11) is 0. The van der Waals surface area contributed by atoms with Crippen LogP contribution in [-0.2, 0) is 5.48 Å². The van der Waals surface area contributed by atoms with E-state index in [1.54, 1.807) is 46.7 Å². The Hall–Kier alpha value is -3.85. The van der Waals surface area contributed by atoms with Gasteiger partial charge in [0.15, 0.2) is 0 Å². The summed E-state index contributed by atoms with van der Waals surface area (Å²) in [5.74, 6) is -3.29. The van der Waals surface area contributed by atoms with Crippen LogP contribution >= 0.6 is 34.0 Å². The van der Waals surface area contributed by atoms with E-state index in [0.29, 0.717) is 0 Å². The third-order valence-corrected chi connectivity index (χ3v) is 7.32. The number of carbonyl (C=O) groups is 3. The molecule has 232 valence electrons. The molecule has 0 aliphatic heterocycles. The molecule has 10 nitrogen and oxygen atoms in total. The quantitative estimate of drug-likeness (QED) is 0.236. The van der Waals surface area contributed by atoms with Crippen molar-refractivity contribution in [1.29, 1.82) is 0 Å². The fourth-order valence-electron chi connectivity index (χ4n) is 2.93. The van der Waals surface area contributed by atoms with Gasteiger partial charge in [0.1, 0.15) is 0 Å². The summed E-state index contributed by atoms with van der Waals surface area (Å²) in [5.41, 5.74) is 3.46. The third kappa shape index (κ3) is 13.2. The van der Waals surface area contributed by atoms with Crippen LogP contribution in [0.15, 0.2) is 120 Å². The van der Waals surface area contributed by atoms with E-state index in [1.807, 2.05) is 54.6 Å². The minimum atomic E-state index is -1.10. The molecule has 0 aromatic carbocycles. The molecule has 3 N–H and O–H groups in total. The Morgan fingerprint density at radius 1 is 0.477 bits per heavy atom. The van der Waals surface area contributed by atoms with Crippen LogP contribution in [-0.4, -0.2) is 32.9 Å². The average Bonchev–Trinajstić information content (AvgIpc) is 3.83. The van der Waals surface area contributed by atoms with E-state index in [2.05, 4.69) is 15.0 Å². The van der Waals surface area contributed by atoms with Crippen molar-refractivity contribution >= 4 is 51.9 Å². The number of carboxylic acid groups (broad SMARTS) is 3. The Bertz CT molecular complexity index is 1490. The van der Waals surface area contributed by atoms with Crippen LogP contribution in [0.5, 0.6) is 0 Å². The number of aromatic carboxylic acids is 3. The van der Waals surface area contributed by atoms with Gasteiger partial charge in [-0.25, -0.2) is 4.98 Å². The molecule has 6 aromatic heterocycles. The normalized spacial score (nSPS) is 9.09. The number of pyridine rings is 3. The van der Waals surface area contributed by atoms with E-state index in [9.17, 15) is 29.7 Å². The first-order chi connectivity index (χ1) is 20.3. The van der Waals surface area contributed by atoms with Crippen molar-refractivity contribution in [3.8, 4) is 22.8 Å². The standard InChI is InChI=1S/C15H11N3.3C5H4O2S.Lu.H2O/c1-3-10-16-12(6-1)14-8-5-9-15(18-14)13-7-2-4-11-17-13;3*6-5(7)4-2-1-3-8-4;;/h1-11H;3*1-3H,(H,6,7);;1H2/q;;;;+3;/p-2. The molecular weight excluding hydrogens is 786 g/mol. The van der Waals surface area contributed by atoms with Gasteiger partial charge >= 0.3 is 36.9 Å². The molecule has 14 heteroatoms. The van der Waals surface area contributed by atoms with E-state index in [-0.39, 0.29) is 57.0 Å². The van der Waals surface area contributed by atoms with Crippen LogP contribution in [0.4, 0.5) is 0 Å². The Labute approximate surface area is 293 Å². The second kappa shape index (κ2) is 21.0. The second-order valence-corrected chi connectivity index (χ2v) is 10.5. The molecule has 0 spiro atoms. The number of hydrogen-bond acceptors (Lipinski definition) is 12. The third-order valence-electron chi connectivity index (χ3n) is 4.77. The largest absolute Gasteiger partial charge is 3.00 e. The van der Waals surface area contributed by atoms with Crippen LogP contribution in [0.3, 0.4) is 0 Å². The summed E-state index contributed by atoms with van der Waals surface area (Å²) in [5, 5.41) is 35.0. The second-order valence-electron chi connectivity index (χ2n) is 7.63. The molecule has 0 atom stereocenters. The zero-order chi connectivity index (χ0) is 30.2. The molecule has 0 aliphatic carbocycles. The first-order valence-electron chi connectivity index (χ1n) is 11.9. The molecule has 0 bridgehead atoms. The molecular formula is C30H23LuN3O7S3+. The minimum absolute atomic E-state index is 0. The van der Waals surface area contributed by atoms with Gasteiger partial charge in [0, 0.05) is 27.0 Å². The van der Waals surface area contributed by atoms with E-state index < -0.39 is 17.9 Å². The van der Waals surface area contributed by atoms with Gasteiger partial charge in [-0.05, 0) is 70.7 Å². The average molecular weight is 809 g/mol. The van der Waals surface area contributed by atoms with E-state index in [0.717, 1.165) is 22.8 Å². The maximum absolute atomic E-state index is 9.96. The van der Waals surface area contributed by atoms with Crippen molar-refractivity contribution < 1.29 is 72.1 Å². The Balaban J connectivity index is 0.000000316. The monoisotopic (exact) mass is 808 g/mol. The molecule has 0 saturated carbocycles. The SMILES string of the molecule is O=C([O-])c1cccs1.O=C([O-])c1cccs1.O=C([O-])c1cccs1.[Lu+3].[OH3+].c1ccc(-c2cccc(-c3ccccn3)n2)nc1. The molecule has 6 aromatic rings. The molecule has 44 heavy (non-hydrogen) atoms. The number of aromatic nitrogens is 3. The fourth-order valence-corrected chi connectivity index (χ4v) is 4.60. The van der Waals surface area contributed by atoms with Crippen molar-refractivity contribution in [3.63, 3.8) is 0 Å². The molecule has 0 unspecified atom stereocenters. The molecule has 0 amide bonds. The van der Waals surface area contributed by atoms with Crippen LogP contribution < -0.4 is 15.3 Å². The van der Waals surface area contributed by atoms with Gasteiger partial charge in [0.2, 0.25) is 0 Å². The summed E-state index contributed by atoms with van der Waals surface area (Å²) in [4.78, 5) is 43.9. The molecule has 0 radical (unpaired) electrons. The van der Waals surface area contributed by atoms with Gasteiger partial charge in [0.05, 0.1) is 40.7 Å². The molecule has 6 rings (SSSR count). The van der Waals surface area contributed by atoms with Crippen LogP contribution in [0.25, 0.3) is 22.8 Å². The molecule has 6 heterocycles. The van der Waals surface area contributed by atoms with E-state index in [4.69, 9.17) is 0 Å². The first-order valence-corrected chi connectivity index (χ1v) is 14.5. The number of rotatable bonds is 5. The van der Waals surface area contributed by atoms with Crippen LogP contribution in [0, 0.1) is 36.9 Å². The molecule has 0 aliphatic rings. The number of carbonyl (C=O) groups excluding carboxylic acids is 3. The molecule has 0 saturated heterocycles. The minimum Gasteiger partial charge on any atom is -0.544 e. The number of hydrogen-bond donors (Lipinski definition) is 0. The van der Waals surface area contributed by atoms with Gasteiger partial charge < -0.3 is 35.2 Å². The maximum Gasteiger partial charge on any atom is 3.00 e. The Morgan fingerprint density at radius 3 is 1.05 bits per heavy atom. The zero-order valence-corrected chi connectivity index (χ0v) is 26.5. The molecule has 0 fully saturated rings. The van der Waals surface area contributed by atoms with Crippen molar-refractivity contribution in [2.45, 2.75) is 0 Å². The smallest absolute Gasteiger partial charge is 0.544 e. The summed E-state index contributed by atoms with van der Waals surface area (Å²) < 4.78 is 0. The number of nitrogens with zero attached hydrogens (tertiary/aromatic N) is 3. The number of thiophene rings is 3. The maximum atomic E-state index is 9.96. The summed E-state index contributed by atoms with van der Waals surface area (Å²) in [6, 6.07) is 27.0. The number of carboxylic acids is 3. The van der Waals surface area contributed by atoms with E-state index in [1.165, 1.54) is 52.2 Å².